The van der Waals surface area contributed by atoms with Gasteiger partial charge in [0.15, 0.2) is 0 Å². The molecule has 0 N–H and O–H groups in total. The topological polar surface area (TPSA) is 3.24 Å². The molecule has 0 spiro atoms. The summed E-state index contributed by atoms with van der Waals surface area (Å²) >= 11 is 1.88. The Morgan fingerprint density at radius 1 is 0.260 bits per heavy atom. The van der Waals surface area contributed by atoms with Crippen LogP contribution in [0, 0.1) is 0 Å². The molecule has 10 rings (SSSR count). The van der Waals surface area contributed by atoms with E-state index in [2.05, 4.69) is 193 Å². The summed E-state index contributed by atoms with van der Waals surface area (Å²) in [5, 5.41) is 15.1. The zero-order chi connectivity index (χ0) is 33.0. The van der Waals surface area contributed by atoms with Gasteiger partial charge in [0.1, 0.15) is 0 Å². The van der Waals surface area contributed by atoms with Gasteiger partial charge >= 0.3 is 0 Å². The minimum atomic E-state index is 1.12. The first kappa shape index (κ1) is 28.8. The van der Waals surface area contributed by atoms with Gasteiger partial charge in [0.25, 0.3) is 0 Å². The highest BCUT2D eigenvalue weighted by molar-refractivity contribution is 7.26. The number of thiophene rings is 1. The van der Waals surface area contributed by atoms with Crippen LogP contribution >= 0.6 is 11.3 Å². The Morgan fingerprint density at radius 3 is 1.28 bits per heavy atom. The third kappa shape index (κ3) is 4.53. The number of para-hydroxylation sites is 2. The summed E-state index contributed by atoms with van der Waals surface area (Å²) in [7, 11) is 0. The molecule has 0 aliphatic carbocycles. The predicted octanol–water partition coefficient (Wildman–Crippen LogP) is 14.4. The van der Waals surface area contributed by atoms with Crippen LogP contribution in [0.3, 0.4) is 0 Å². The third-order valence-corrected chi connectivity index (χ3v) is 11.2. The van der Waals surface area contributed by atoms with Crippen LogP contribution in [0.2, 0.25) is 0 Å². The van der Waals surface area contributed by atoms with Crippen molar-refractivity contribution in [2.45, 2.75) is 0 Å². The van der Waals surface area contributed by atoms with E-state index in [4.69, 9.17) is 0 Å². The van der Waals surface area contributed by atoms with Crippen LogP contribution in [0.15, 0.2) is 188 Å². The van der Waals surface area contributed by atoms with Gasteiger partial charge in [-0.2, -0.15) is 0 Å². The number of rotatable bonds is 3. The molecule has 1 heterocycles. The molecule has 0 aliphatic rings. The number of fused-ring (bicyclic) bond motifs is 14. The molecule has 0 radical (unpaired) electrons. The Labute approximate surface area is 294 Å². The molecule has 0 atom stereocenters. The fourth-order valence-electron chi connectivity index (χ4n) is 7.89. The van der Waals surface area contributed by atoms with Crippen LogP contribution in [-0.2, 0) is 0 Å². The Kier molecular flexibility index (Phi) is 6.75. The van der Waals surface area contributed by atoms with Gasteiger partial charge in [-0.25, -0.2) is 0 Å². The quantitative estimate of drug-likeness (QED) is 0.183. The average Bonchev–Trinajstić information content (AvgIpc) is 3.57. The Hall–Kier alpha value is -6.22. The zero-order valence-electron chi connectivity index (χ0n) is 27.3. The van der Waals surface area contributed by atoms with Crippen LogP contribution in [0.4, 0.5) is 17.1 Å². The molecule has 10 aromatic rings. The SMILES string of the molecule is c1ccc(N(c2ccccc2)c2ccc3c(c2)c2ccccc2c2ccccc2c2ccccc2c2c3ccc3sc4ccccc4c32)cc1. The minimum Gasteiger partial charge on any atom is -0.310 e. The van der Waals surface area contributed by atoms with Gasteiger partial charge in [-0.05, 0) is 102 Å². The average molecular weight is 654 g/mol. The van der Waals surface area contributed by atoms with E-state index in [1.54, 1.807) is 0 Å². The number of nitrogens with zero attached hydrogens (tertiary/aromatic N) is 1. The van der Waals surface area contributed by atoms with Crippen LogP contribution in [-0.4, -0.2) is 0 Å². The maximum absolute atomic E-state index is 2.41. The second-order valence-electron chi connectivity index (χ2n) is 12.8. The van der Waals surface area contributed by atoms with Gasteiger partial charge in [-0.15, -0.1) is 11.3 Å². The van der Waals surface area contributed by atoms with E-state index in [1.165, 1.54) is 74.0 Å². The van der Waals surface area contributed by atoms with Gasteiger partial charge in [0, 0.05) is 37.2 Å². The van der Waals surface area contributed by atoms with Gasteiger partial charge in [-0.3, -0.25) is 0 Å². The van der Waals surface area contributed by atoms with E-state index in [9.17, 15) is 0 Å². The Balaban J connectivity index is 1.49. The highest BCUT2D eigenvalue weighted by Crippen LogP contribution is 2.45. The Morgan fingerprint density at radius 2 is 0.680 bits per heavy atom. The van der Waals surface area contributed by atoms with Crippen molar-refractivity contribution in [2.24, 2.45) is 0 Å². The van der Waals surface area contributed by atoms with Crippen LogP contribution < -0.4 is 4.90 Å². The van der Waals surface area contributed by atoms with Crippen molar-refractivity contribution < 1.29 is 0 Å². The maximum Gasteiger partial charge on any atom is 0.0468 e. The van der Waals surface area contributed by atoms with Gasteiger partial charge < -0.3 is 4.90 Å². The zero-order valence-corrected chi connectivity index (χ0v) is 28.1. The monoisotopic (exact) mass is 653 g/mol. The molecule has 9 aromatic carbocycles. The maximum atomic E-state index is 2.41. The molecule has 0 saturated heterocycles. The lowest BCUT2D eigenvalue weighted by atomic mass is 9.92. The molecule has 2 heteroatoms. The van der Waals surface area contributed by atoms with Crippen molar-refractivity contribution in [2.75, 3.05) is 4.90 Å². The first-order chi connectivity index (χ1) is 24.8. The lowest BCUT2D eigenvalue weighted by Gasteiger charge is -2.26. The molecule has 0 unspecified atom stereocenters. The summed E-state index contributed by atoms with van der Waals surface area (Å²) in [5.41, 5.74) is 3.36. The van der Waals surface area contributed by atoms with E-state index >= 15 is 0 Å². The van der Waals surface area contributed by atoms with Gasteiger partial charge in [-0.1, -0.05) is 140 Å². The largest absolute Gasteiger partial charge is 0.310 e. The minimum absolute atomic E-state index is 1.12. The second-order valence-corrected chi connectivity index (χ2v) is 13.9. The summed E-state index contributed by atoms with van der Waals surface area (Å²) in [6.45, 7) is 0. The van der Waals surface area contributed by atoms with Crippen LogP contribution in [0.5, 0.6) is 0 Å². The molecule has 0 bridgehead atoms. The molecule has 1 nitrogen and oxygen atoms in total. The molecule has 1 aromatic heterocycles. The lowest BCUT2D eigenvalue weighted by molar-refractivity contribution is 1.29. The molecule has 234 valence electrons. The van der Waals surface area contributed by atoms with Gasteiger partial charge in [0.2, 0.25) is 0 Å². The number of hydrogen-bond acceptors (Lipinski definition) is 2. The van der Waals surface area contributed by atoms with Crippen LogP contribution in [0.25, 0.3) is 74.0 Å². The first-order valence-electron chi connectivity index (χ1n) is 17.1. The highest BCUT2D eigenvalue weighted by Gasteiger charge is 2.17. The van der Waals surface area contributed by atoms with Crippen molar-refractivity contribution in [3.05, 3.63) is 188 Å². The fraction of sp³-hybridized carbons (Fsp3) is 0. The number of hydrogen-bond donors (Lipinski definition) is 0. The summed E-state index contributed by atoms with van der Waals surface area (Å²) in [5.74, 6) is 0. The smallest absolute Gasteiger partial charge is 0.0468 e. The van der Waals surface area contributed by atoms with Gasteiger partial charge in [0.05, 0.1) is 0 Å². The molecule has 0 aliphatic heterocycles. The van der Waals surface area contributed by atoms with Crippen molar-refractivity contribution in [3.8, 4) is 0 Å². The summed E-state index contributed by atoms with van der Waals surface area (Å²) in [4.78, 5) is 2.36. The summed E-state index contributed by atoms with van der Waals surface area (Å²) < 4.78 is 2.62. The van der Waals surface area contributed by atoms with Crippen molar-refractivity contribution in [1.29, 1.82) is 0 Å². The Bertz CT molecular complexity index is 2940. The lowest BCUT2D eigenvalue weighted by Crippen LogP contribution is -2.09. The van der Waals surface area contributed by atoms with E-state index in [1.807, 2.05) is 11.3 Å². The molecular weight excluding hydrogens is 623 g/mol. The van der Waals surface area contributed by atoms with Crippen molar-refractivity contribution in [1.82, 2.24) is 0 Å². The second kappa shape index (κ2) is 11.7. The normalized spacial score (nSPS) is 11.6. The molecule has 0 saturated carbocycles. The first-order valence-corrected chi connectivity index (χ1v) is 17.9. The molecular formula is C48H31NS. The van der Waals surface area contributed by atoms with E-state index in [-0.39, 0.29) is 0 Å². The highest BCUT2D eigenvalue weighted by atomic mass is 32.1. The number of anilines is 3. The third-order valence-electron chi connectivity index (χ3n) is 10.0. The predicted molar refractivity (Wildman–Crippen MR) is 219 cm³/mol. The van der Waals surface area contributed by atoms with Crippen LogP contribution in [0.1, 0.15) is 0 Å². The van der Waals surface area contributed by atoms with E-state index in [0.717, 1.165) is 17.1 Å². The summed E-state index contributed by atoms with van der Waals surface area (Å²) in [6.07, 6.45) is 0. The fourth-order valence-corrected chi connectivity index (χ4v) is 9.01. The summed E-state index contributed by atoms with van der Waals surface area (Å²) in [6, 6.07) is 68.9. The molecule has 50 heavy (non-hydrogen) atoms. The molecule has 0 fully saturated rings. The molecule has 0 amide bonds. The number of benzene rings is 8. The van der Waals surface area contributed by atoms with E-state index in [0.29, 0.717) is 0 Å². The standard InChI is InChI=1S/C48H31NS/c1-3-15-32(16-4-1)49(33-17-5-2-6-18-33)34-27-28-40-42-29-30-46-48(43-25-13-14-26-45(43)50-46)47(42)41-24-12-11-22-38(41)36-20-8-7-19-35(36)37-21-9-10-23-39(37)44(40)31-34/h1-31H. The van der Waals surface area contributed by atoms with Crippen molar-refractivity contribution >= 4 is 102 Å². The van der Waals surface area contributed by atoms with E-state index < -0.39 is 0 Å². The van der Waals surface area contributed by atoms with Crippen molar-refractivity contribution in [3.63, 3.8) is 0 Å².